The van der Waals surface area contributed by atoms with E-state index in [1.54, 1.807) is 6.92 Å². The number of hydrogen-bond donors (Lipinski definition) is 2. The molecule has 2 N–H and O–H groups in total. The molecule has 17 heavy (non-hydrogen) atoms. The maximum atomic E-state index is 11.8. The lowest BCUT2D eigenvalue weighted by Gasteiger charge is -2.22. The summed E-state index contributed by atoms with van der Waals surface area (Å²) in [5, 5.41) is 11.3. The zero-order chi connectivity index (χ0) is 12.8. The molecule has 0 bridgehead atoms. The molecule has 2 amide bonds. The predicted molar refractivity (Wildman–Crippen MR) is 63.4 cm³/mol. The molecular formula is C12H18N2O3. The first-order valence-corrected chi connectivity index (χ1v) is 5.80. The highest BCUT2D eigenvalue weighted by Gasteiger charge is 2.28. The topological polar surface area (TPSA) is 69.6 Å². The van der Waals surface area contributed by atoms with Gasteiger partial charge in [0.15, 0.2) is 0 Å². The van der Waals surface area contributed by atoms with Crippen LogP contribution in [0.25, 0.3) is 0 Å². The number of rotatable bonds is 6. The molecule has 94 valence electrons. The van der Waals surface area contributed by atoms with Crippen molar-refractivity contribution < 1.29 is 14.7 Å². The van der Waals surface area contributed by atoms with Crippen LogP contribution in [-0.2, 0) is 4.79 Å². The van der Waals surface area contributed by atoms with Crippen LogP contribution < -0.4 is 5.32 Å². The van der Waals surface area contributed by atoms with Crippen molar-refractivity contribution in [2.45, 2.75) is 32.2 Å². The maximum Gasteiger partial charge on any atom is 0.326 e. The van der Waals surface area contributed by atoms with Gasteiger partial charge in [-0.25, -0.2) is 9.59 Å². The van der Waals surface area contributed by atoms with E-state index in [4.69, 9.17) is 11.5 Å². The van der Waals surface area contributed by atoms with E-state index in [9.17, 15) is 9.59 Å². The fourth-order valence-corrected chi connectivity index (χ4v) is 1.52. The molecular weight excluding hydrogens is 220 g/mol. The maximum absolute atomic E-state index is 11.8. The average molecular weight is 238 g/mol. The number of terminal acetylenes is 1. The van der Waals surface area contributed by atoms with Crippen LogP contribution in [0.3, 0.4) is 0 Å². The van der Waals surface area contributed by atoms with Gasteiger partial charge in [0.25, 0.3) is 0 Å². The molecule has 0 aromatic heterocycles. The first-order chi connectivity index (χ1) is 8.08. The first-order valence-electron chi connectivity index (χ1n) is 5.80. The summed E-state index contributed by atoms with van der Waals surface area (Å²) in [6.07, 6.45) is 7.79. The number of hydrogen-bond acceptors (Lipinski definition) is 2. The second-order valence-corrected chi connectivity index (χ2v) is 4.28. The van der Waals surface area contributed by atoms with Crippen LogP contribution in [0.4, 0.5) is 4.79 Å². The number of urea groups is 1. The molecule has 1 unspecified atom stereocenters. The Bertz CT molecular complexity index is 331. The Hall–Kier alpha value is -1.70. The van der Waals surface area contributed by atoms with E-state index in [-0.39, 0.29) is 12.6 Å². The minimum absolute atomic E-state index is 0.221. The highest BCUT2D eigenvalue weighted by atomic mass is 16.4. The Balaban J connectivity index is 2.51. The van der Waals surface area contributed by atoms with Crippen LogP contribution in [0, 0.1) is 18.3 Å². The molecule has 1 aliphatic carbocycles. The number of nitrogens with zero attached hydrogens (tertiary/aromatic N) is 1. The molecule has 0 saturated heterocycles. The van der Waals surface area contributed by atoms with Gasteiger partial charge in [0.2, 0.25) is 0 Å². The largest absolute Gasteiger partial charge is 0.480 e. The molecule has 0 spiro atoms. The monoisotopic (exact) mass is 238 g/mol. The Kier molecular flexibility index (Phi) is 4.83. The number of carbonyl (C=O) groups is 2. The second-order valence-electron chi connectivity index (χ2n) is 4.28. The van der Waals surface area contributed by atoms with Gasteiger partial charge in [-0.1, -0.05) is 12.8 Å². The van der Waals surface area contributed by atoms with Gasteiger partial charge >= 0.3 is 12.0 Å². The van der Waals surface area contributed by atoms with Gasteiger partial charge in [0.1, 0.15) is 6.04 Å². The normalized spacial score (nSPS) is 15.8. The predicted octanol–water partition coefficient (Wildman–Crippen LogP) is 0.904. The molecule has 1 fully saturated rings. The number of carboxylic acid groups (broad SMARTS) is 1. The van der Waals surface area contributed by atoms with Crippen LogP contribution in [0.15, 0.2) is 0 Å². The summed E-state index contributed by atoms with van der Waals surface area (Å²) in [6.45, 7) is 2.55. The Morgan fingerprint density at radius 1 is 1.59 bits per heavy atom. The number of amides is 2. The molecule has 0 aliphatic heterocycles. The van der Waals surface area contributed by atoms with Crippen molar-refractivity contribution >= 4 is 12.0 Å². The summed E-state index contributed by atoms with van der Waals surface area (Å²) in [7, 11) is 0. The van der Waals surface area contributed by atoms with Gasteiger partial charge in [-0.05, 0) is 25.2 Å². The highest BCUT2D eigenvalue weighted by Crippen LogP contribution is 2.29. The van der Waals surface area contributed by atoms with Crippen LogP contribution in [0.1, 0.15) is 26.2 Å². The summed E-state index contributed by atoms with van der Waals surface area (Å²) in [6, 6.07) is -1.23. The van der Waals surface area contributed by atoms with Crippen molar-refractivity contribution in [1.82, 2.24) is 10.2 Å². The highest BCUT2D eigenvalue weighted by molar-refractivity contribution is 5.82. The van der Waals surface area contributed by atoms with Gasteiger partial charge in [-0.2, -0.15) is 0 Å². The van der Waals surface area contributed by atoms with Crippen LogP contribution in [-0.4, -0.2) is 41.1 Å². The van der Waals surface area contributed by atoms with Gasteiger partial charge in [0, 0.05) is 6.54 Å². The lowest BCUT2D eigenvalue weighted by Crippen LogP contribution is -2.48. The smallest absolute Gasteiger partial charge is 0.326 e. The average Bonchev–Trinajstić information content (AvgIpc) is 3.08. The minimum atomic E-state index is -1.02. The number of aliphatic carboxylic acids is 1. The van der Waals surface area contributed by atoms with Crippen molar-refractivity contribution in [3.05, 3.63) is 0 Å². The Morgan fingerprint density at radius 2 is 2.24 bits per heavy atom. The van der Waals surface area contributed by atoms with Gasteiger partial charge in [0.05, 0.1) is 6.54 Å². The molecule has 0 radical (unpaired) electrons. The zero-order valence-electron chi connectivity index (χ0n) is 9.98. The van der Waals surface area contributed by atoms with Gasteiger partial charge in [-0.3, -0.25) is 0 Å². The lowest BCUT2D eigenvalue weighted by molar-refractivity contribution is -0.139. The Morgan fingerprint density at radius 3 is 2.65 bits per heavy atom. The molecule has 1 saturated carbocycles. The summed E-state index contributed by atoms with van der Waals surface area (Å²) in [4.78, 5) is 24.1. The van der Waals surface area contributed by atoms with Crippen LogP contribution in [0.5, 0.6) is 0 Å². The Labute approximate surface area is 101 Å². The molecule has 1 atom stereocenters. The number of nitrogens with one attached hydrogen (secondary N) is 1. The molecule has 5 heteroatoms. The number of carboxylic acids is 1. The first kappa shape index (κ1) is 13.4. The van der Waals surface area contributed by atoms with Crippen LogP contribution >= 0.6 is 0 Å². The quantitative estimate of drug-likeness (QED) is 0.676. The third-order valence-electron chi connectivity index (χ3n) is 2.75. The van der Waals surface area contributed by atoms with Crippen molar-refractivity contribution in [2.24, 2.45) is 5.92 Å². The lowest BCUT2D eigenvalue weighted by atomic mass is 10.2. The van der Waals surface area contributed by atoms with Crippen LogP contribution in [0.2, 0.25) is 0 Å². The zero-order valence-corrected chi connectivity index (χ0v) is 9.98. The van der Waals surface area contributed by atoms with E-state index in [0.717, 1.165) is 12.8 Å². The second kappa shape index (κ2) is 6.14. The van der Waals surface area contributed by atoms with E-state index >= 15 is 0 Å². The standard InChI is InChI=1S/C12H18N2O3/c1-3-7-14(8-9-5-6-9)12(17)13-10(4-2)11(15)16/h1,9-10H,4-8H2,2H3,(H,13,17)(H,15,16). The van der Waals surface area contributed by atoms with E-state index in [1.165, 1.54) is 4.90 Å². The molecule has 5 nitrogen and oxygen atoms in total. The molecule has 0 aromatic rings. The van der Waals surface area contributed by atoms with E-state index < -0.39 is 12.0 Å². The summed E-state index contributed by atoms with van der Waals surface area (Å²) >= 11 is 0. The van der Waals surface area contributed by atoms with E-state index in [1.807, 2.05) is 0 Å². The van der Waals surface area contributed by atoms with Crippen molar-refractivity contribution in [3.8, 4) is 12.3 Å². The number of carbonyl (C=O) groups excluding carboxylic acids is 1. The fourth-order valence-electron chi connectivity index (χ4n) is 1.52. The summed E-state index contributed by atoms with van der Waals surface area (Å²) in [5.74, 6) is 1.93. The van der Waals surface area contributed by atoms with E-state index in [2.05, 4.69) is 11.2 Å². The molecule has 0 aromatic carbocycles. The molecule has 1 rings (SSSR count). The van der Waals surface area contributed by atoms with Crippen molar-refractivity contribution in [2.75, 3.05) is 13.1 Å². The van der Waals surface area contributed by atoms with Gasteiger partial charge < -0.3 is 15.3 Å². The SMILES string of the molecule is C#CCN(CC1CC1)C(=O)NC(CC)C(=O)O. The summed E-state index contributed by atoms with van der Waals surface area (Å²) < 4.78 is 0. The fraction of sp³-hybridized carbons (Fsp3) is 0.667. The van der Waals surface area contributed by atoms with Crippen molar-refractivity contribution in [1.29, 1.82) is 0 Å². The molecule has 0 heterocycles. The minimum Gasteiger partial charge on any atom is -0.480 e. The van der Waals surface area contributed by atoms with Crippen molar-refractivity contribution in [3.63, 3.8) is 0 Å². The van der Waals surface area contributed by atoms with E-state index in [0.29, 0.717) is 18.9 Å². The summed E-state index contributed by atoms with van der Waals surface area (Å²) in [5.41, 5.74) is 0. The van der Waals surface area contributed by atoms with Gasteiger partial charge in [-0.15, -0.1) is 6.42 Å². The molecule has 1 aliphatic rings. The third-order valence-corrected chi connectivity index (χ3v) is 2.75. The third kappa shape index (κ3) is 4.35.